The van der Waals surface area contributed by atoms with E-state index >= 15 is 0 Å². The number of esters is 1. The number of nitrogen functional groups attached to an aromatic ring is 1. The molecule has 0 radical (unpaired) electrons. The van der Waals surface area contributed by atoms with E-state index in [9.17, 15) is 14.9 Å². The van der Waals surface area contributed by atoms with Gasteiger partial charge in [0.1, 0.15) is 6.61 Å². The largest absolute Gasteiger partial charge is 0.456 e. The molecule has 2 rings (SSSR count). The van der Waals surface area contributed by atoms with Crippen molar-refractivity contribution < 1.29 is 14.5 Å². The minimum atomic E-state index is -0.672. The van der Waals surface area contributed by atoms with Gasteiger partial charge < -0.3 is 10.5 Å². The summed E-state index contributed by atoms with van der Waals surface area (Å²) >= 11 is 1.46. The Labute approximate surface area is 112 Å². The van der Waals surface area contributed by atoms with Gasteiger partial charge in [0.25, 0.3) is 5.69 Å². The number of hydrogen-bond acceptors (Lipinski definition) is 6. The molecule has 6 nitrogen and oxygen atoms in total. The highest BCUT2D eigenvalue weighted by Gasteiger charge is 2.16. The number of anilines is 1. The van der Waals surface area contributed by atoms with Crippen LogP contribution in [0.3, 0.4) is 0 Å². The van der Waals surface area contributed by atoms with Crippen LogP contribution in [0.5, 0.6) is 0 Å². The molecule has 0 amide bonds. The van der Waals surface area contributed by atoms with Crippen LogP contribution in [0.4, 0.5) is 11.4 Å². The van der Waals surface area contributed by atoms with Crippen LogP contribution in [-0.4, -0.2) is 10.9 Å². The van der Waals surface area contributed by atoms with Crippen LogP contribution in [0.1, 0.15) is 15.2 Å². The highest BCUT2D eigenvalue weighted by Crippen LogP contribution is 2.21. The molecule has 7 heteroatoms. The number of nitro benzene ring substituents is 1. The van der Waals surface area contributed by atoms with Crippen molar-refractivity contribution >= 4 is 28.7 Å². The van der Waals surface area contributed by atoms with Crippen LogP contribution >= 0.6 is 11.3 Å². The van der Waals surface area contributed by atoms with Gasteiger partial charge in [-0.15, -0.1) is 11.3 Å². The van der Waals surface area contributed by atoms with Crippen molar-refractivity contribution in [2.75, 3.05) is 5.73 Å². The molecule has 0 spiro atoms. The van der Waals surface area contributed by atoms with Gasteiger partial charge in [0, 0.05) is 22.7 Å². The molecule has 0 bridgehead atoms. The number of ether oxygens (including phenoxy) is 1. The van der Waals surface area contributed by atoms with E-state index in [4.69, 9.17) is 10.5 Å². The molecule has 0 atom stereocenters. The van der Waals surface area contributed by atoms with Crippen LogP contribution in [0, 0.1) is 10.1 Å². The number of benzene rings is 1. The summed E-state index contributed by atoms with van der Waals surface area (Å²) in [5, 5.41) is 12.5. The maximum absolute atomic E-state index is 11.8. The van der Waals surface area contributed by atoms with E-state index in [-0.39, 0.29) is 23.5 Å². The van der Waals surface area contributed by atoms with Crippen molar-refractivity contribution in [1.82, 2.24) is 0 Å². The van der Waals surface area contributed by atoms with Crippen LogP contribution < -0.4 is 5.73 Å². The van der Waals surface area contributed by atoms with Crippen molar-refractivity contribution in [3.63, 3.8) is 0 Å². The average molecular weight is 278 g/mol. The summed E-state index contributed by atoms with van der Waals surface area (Å²) in [6, 6.07) is 7.35. The van der Waals surface area contributed by atoms with Gasteiger partial charge in [-0.2, -0.15) is 0 Å². The Kier molecular flexibility index (Phi) is 3.76. The second kappa shape index (κ2) is 5.49. The summed E-state index contributed by atoms with van der Waals surface area (Å²) in [4.78, 5) is 22.8. The van der Waals surface area contributed by atoms with Crippen LogP contribution in [-0.2, 0) is 11.3 Å². The summed E-state index contributed by atoms with van der Waals surface area (Å²) in [6.07, 6.45) is 0. The summed E-state index contributed by atoms with van der Waals surface area (Å²) in [7, 11) is 0. The minimum absolute atomic E-state index is 0.00533. The highest BCUT2D eigenvalue weighted by atomic mass is 32.1. The van der Waals surface area contributed by atoms with E-state index in [0.717, 1.165) is 10.9 Å². The zero-order valence-corrected chi connectivity index (χ0v) is 10.6. The molecule has 19 heavy (non-hydrogen) atoms. The lowest BCUT2D eigenvalue weighted by Gasteiger charge is -2.05. The van der Waals surface area contributed by atoms with Crippen molar-refractivity contribution in [3.05, 3.63) is 56.3 Å². The van der Waals surface area contributed by atoms with Crippen molar-refractivity contribution in [2.45, 2.75) is 6.61 Å². The van der Waals surface area contributed by atoms with Gasteiger partial charge in [-0.25, -0.2) is 4.79 Å². The molecule has 0 fully saturated rings. The van der Waals surface area contributed by atoms with Crippen molar-refractivity contribution in [3.8, 4) is 0 Å². The zero-order valence-electron chi connectivity index (χ0n) is 9.74. The molecule has 2 N–H and O–H groups in total. The Bertz CT molecular complexity index is 610. The standard InChI is InChI=1S/C12H10N2O4S/c13-11-4-3-8(14(16)17)6-10(11)12(15)18-7-9-2-1-5-19-9/h1-6H,7,13H2. The Morgan fingerprint density at radius 1 is 1.42 bits per heavy atom. The van der Waals surface area contributed by atoms with Gasteiger partial charge in [0.05, 0.1) is 10.5 Å². The second-order valence-electron chi connectivity index (χ2n) is 3.68. The Hall–Kier alpha value is -2.41. The predicted molar refractivity (Wildman–Crippen MR) is 70.9 cm³/mol. The summed E-state index contributed by atoms with van der Waals surface area (Å²) in [6.45, 7) is 0.124. The number of nitrogens with zero attached hydrogens (tertiary/aromatic N) is 1. The van der Waals surface area contributed by atoms with Gasteiger partial charge in [0.15, 0.2) is 0 Å². The summed E-state index contributed by atoms with van der Waals surface area (Å²) < 4.78 is 5.06. The highest BCUT2D eigenvalue weighted by molar-refractivity contribution is 7.09. The molecule has 0 aliphatic heterocycles. The lowest BCUT2D eigenvalue weighted by atomic mass is 10.1. The fourth-order valence-corrected chi connectivity index (χ4v) is 2.06. The van der Waals surface area contributed by atoms with E-state index in [2.05, 4.69) is 0 Å². The normalized spacial score (nSPS) is 10.1. The fourth-order valence-electron chi connectivity index (χ4n) is 1.44. The van der Waals surface area contributed by atoms with E-state index < -0.39 is 10.9 Å². The van der Waals surface area contributed by atoms with E-state index in [1.165, 1.54) is 23.5 Å². The Balaban J connectivity index is 2.14. The van der Waals surface area contributed by atoms with E-state index in [1.807, 2.05) is 17.5 Å². The third-order valence-corrected chi connectivity index (χ3v) is 3.24. The molecular weight excluding hydrogens is 268 g/mol. The smallest absolute Gasteiger partial charge is 0.340 e. The van der Waals surface area contributed by atoms with Gasteiger partial charge in [-0.3, -0.25) is 10.1 Å². The van der Waals surface area contributed by atoms with Gasteiger partial charge in [-0.05, 0) is 17.5 Å². The molecule has 1 aromatic heterocycles. The van der Waals surface area contributed by atoms with Crippen LogP contribution in [0.2, 0.25) is 0 Å². The number of carbonyl (C=O) groups is 1. The van der Waals surface area contributed by atoms with Crippen LogP contribution in [0.15, 0.2) is 35.7 Å². The topological polar surface area (TPSA) is 95.5 Å². The minimum Gasteiger partial charge on any atom is -0.456 e. The summed E-state index contributed by atoms with van der Waals surface area (Å²) in [5.74, 6) is -0.672. The maximum Gasteiger partial charge on any atom is 0.340 e. The Morgan fingerprint density at radius 3 is 2.84 bits per heavy atom. The SMILES string of the molecule is Nc1ccc([N+](=O)[O-])cc1C(=O)OCc1cccs1. The van der Waals surface area contributed by atoms with Crippen LogP contribution in [0.25, 0.3) is 0 Å². The number of nitrogens with two attached hydrogens (primary N) is 1. The number of non-ortho nitro benzene ring substituents is 1. The molecule has 0 saturated heterocycles. The van der Waals surface area contributed by atoms with E-state index in [1.54, 1.807) is 0 Å². The predicted octanol–water partition coefficient (Wildman–Crippen LogP) is 2.60. The average Bonchev–Trinajstić information content (AvgIpc) is 2.89. The van der Waals surface area contributed by atoms with Gasteiger partial charge >= 0.3 is 5.97 Å². The summed E-state index contributed by atoms with van der Waals surface area (Å²) in [5.41, 5.74) is 5.58. The third-order valence-electron chi connectivity index (χ3n) is 2.39. The number of carbonyl (C=O) groups excluding carboxylic acids is 1. The first-order chi connectivity index (χ1) is 9.08. The van der Waals surface area contributed by atoms with Gasteiger partial charge in [-0.1, -0.05) is 6.07 Å². The van der Waals surface area contributed by atoms with Crippen molar-refractivity contribution in [1.29, 1.82) is 0 Å². The second-order valence-corrected chi connectivity index (χ2v) is 4.72. The van der Waals surface area contributed by atoms with Crippen molar-refractivity contribution in [2.24, 2.45) is 0 Å². The first-order valence-electron chi connectivity index (χ1n) is 5.31. The molecule has 0 unspecified atom stereocenters. The number of rotatable bonds is 4. The number of nitro groups is 1. The number of hydrogen-bond donors (Lipinski definition) is 1. The molecule has 0 saturated carbocycles. The van der Waals surface area contributed by atoms with Gasteiger partial charge in [0.2, 0.25) is 0 Å². The molecule has 1 heterocycles. The Morgan fingerprint density at radius 2 is 2.21 bits per heavy atom. The monoisotopic (exact) mass is 278 g/mol. The fraction of sp³-hybridized carbons (Fsp3) is 0.0833. The third kappa shape index (κ3) is 3.08. The molecule has 2 aromatic rings. The molecule has 0 aliphatic carbocycles. The molecule has 0 aliphatic rings. The quantitative estimate of drug-likeness (QED) is 0.401. The molecular formula is C12H10N2O4S. The first-order valence-corrected chi connectivity index (χ1v) is 6.19. The number of thiophene rings is 1. The zero-order chi connectivity index (χ0) is 13.8. The lowest BCUT2D eigenvalue weighted by molar-refractivity contribution is -0.384. The van der Waals surface area contributed by atoms with E-state index in [0.29, 0.717) is 0 Å². The lowest BCUT2D eigenvalue weighted by Crippen LogP contribution is -2.08. The first kappa shape index (κ1) is 13.0. The maximum atomic E-state index is 11.8. The molecule has 98 valence electrons. The molecule has 1 aromatic carbocycles.